The Balaban J connectivity index is 2.38. The topological polar surface area (TPSA) is 54.4 Å². The Labute approximate surface area is 96.7 Å². The summed E-state index contributed by atoms with van der Waals surface area (Å²) < 4.78 is 5.07. The second-order valence-electron chi connectivity index (χ2n) is 3.87. The summed E-state index contributed by atoms with van der Waals surface area (Å²) in [4.78, 5) is 4.30. The summed E-state index contributed by atoms with van der Waals surface area (Å²) in [6, 6.07) is 4.23. The van der Waals surface area contributed by atoms with Gasteiger partial charge in [0.25, 0.3) is 0 Å². The number of aryl methyl sites for hydroxylation is 1. The summed E-state index contributed by atoms with van der Waals surface area (Å²) in [5.41, 5.74) is 2.16. The van der Waals surface area contributed by atoms with Gasteiger partial charge in [-0.2, -0.15) is 0 Å². The zero-order valence-electron chi connectivity index (χ0n) is 9.94. The van der Waals surface area contributed by atoms with Gasteiger partial charge >= 0.3 is 0 Å². The number of nitrogens with one attached hydrogen (secondary N) is 1. The molecule has 16 heavy (non-hydrogen) atoms. The maximum Gasteiger partial charge on any atom is 0.0616 e. The van der Waals surface area contributed by atoms with Crippen LogP contribution in [0.15, 0.2) is 18.3 Å². The Morgan fingerprint density at radius 2 is 2.31 bits per heavy atom. The molecule has 4 nitrogen and oxygen atoms in total. The van der Waals surface area contributed by atoms with Crippen LogP contribution in [0.25, 0.3) is 0 Å². The van der Waals surface area contributed by atoms with Gasteiger partial charge in [-0.15, -0.1) is 0 Å². The van der Waals surface area contributed by atoms with E-state index in [-0.39, 0.29) is 12.6 Å². The standard InChI is InChI=1S/C12H20N2O2/c1-10-3-4-11(13-7-10)8-14-12(5-6-15)9-16-2/h3-4,7,12,14-15H,5-6,8-9H2,1-2H3. The second-order valence-corrected chi connectivity index (χ2v) is 3.87. The Morgan fingerprint density at radius 1 is 1.50 bits per heavy atom. The number of rotatable bonds is 7. The molecule has 0 saturated heterocycles. The number of aliphatic hydroxyl groups is 1. The smallest absolute Gasteiger partial charge is 0.0616 e. The van der Waals surface area contributed by atoms with Crippen molar-refractivity contribution in [1.29, 1.82) is 0 Å². The quantitative estimate of drug-likeness (QED) is 0.722. The summed E-state index contributed by atoms with van der Waals surface area (Å²) >= 11 is 0. The molecule has 0 saturated carbocycles. The third-order valence-corrected chi connectivity index (χ3v) is 2.39. The molecule has 2 N–H and O–H groups in total. The van der Waals surface area contributed by atoms with Gasteiger partial charge in [0.1, 0.15) is 0 Å². The van der Waals surface area contributed by atoms with E-state index >= 15 is 0 Å². The first-order chi connectivity index (χ1) is 7.76. The highest BCUT2D eigenvalue weighted by molar-refractivity contribution is 5.12. The molecule has 90 valence electrons. The van der Waals surface area contributed by atoms with Crippen LogP contribution in [0.1, 0.15) is 17.7 Å². The number of ether oxygens (including phenoxy) is 1. The lowest BCUT2D eigenvalue weighted by Gasteiger charge is -2.16. The molecule has 0 bridgehead atoms. The molecule has 0 aliphatic heterocycles. The predicted octanol–water partition coefficient (Wildman–Crippen LogP) is 0.877. The molecule has 1 aromatic heterocycles. The maximum absolute atomic E-state index is 8.89. The number of nitrogens with zero attached hydrogens (tertiary/aromatic N) is 1. The van der Waals surface area contributed by atoms with Gasteiger partial charge in [0.15, 0.2) is 0 Å². The number of aliphatic hydroxyl groups excluding tert-OH is 1. The molecule has 0 fully saturated rings. The monoisotopic (exact) mass is 224 g/mol. The summed E-state index contributed by atoms with van der Waals surface area (Å²) in [5.74, 6) is 0. The van der Waals surface area contributed by atoms with Gasteiger partial charge in [0, 0.05) is 32.5 Å². The van der Waals surface area contributed by atoms with E-state index in [1.807, 2.05) is 25.3 Å². The van der Waals surface area contributed by atoms with E-state index in [1.165, 1.54) is 0 Å². The maximum atomic E-state index is 8.89. The van der Waals surface area contributed by atoms with Gasteiger partial charge in [0.05, 0.1) is 12.3 Å². The first kappa shape index (κ1) is 13.1. The summed E-state index contributed by atoms with van der Waals surface area (Å²) in [5, 5.41) is 12.2. The Bertz CT molecular complexity index is 282. The lowest BCUT2D eigenvalue weighted by atomic mass is 10.2. The minimum atomic E-state index is 0.169. The van der Waals surface area contributed by atoms with E-state index in [0.29, 0.717) is 19.6 Å². The second kappa shape index (κ2) is 7.33. The van der Waals surface area contributed by atoms with Crippen molar-refractivity contribution in [3.05, 3.63) is 29.6 Å². The molecule has 1 aromatic rings. The minimum absolute atomic E-state index is 0.169. The lowest BCUT2D eigenvalue weighted by Crippen LogP contribution is -2.33. The molecule has 0 aromatic carbocycles. The largest absolute Gasteiger partial charge is 0.396 e. The molecule has 0 radical (unpaired) electrons. The van der Waals surface area contributed by atoms with E-state index in [1.54, 1.807) is 7.11 Å². The average molecular weight is 224 g/mol. The Hall–Kier alpha value is -0.970. The first-order valence-electron chi connectivity index (χ1n) is 5.51. The van der Waals surface area contributed by atoms with Crippen molar-refractivity contribution < 1.29 is 9.84 Å². The van der Waals surface area contributed by atoms with Crippen LogP contribution in [0.4, 0.5) is 0 Å². The highest BCUT2D eigenvalue weighted by Crippen LogP contribution is 2.00. The van der Waals surface area contributed by atoms with Gasteiger partial charge in [-0.1, -0.05) is 6.07 Å². The van der Waals surface area contributed by atoms with Gasteiger partial charge in [-0.25, -0.2) is 0 Å². The van der Waals surface area contributed by atoms with Crippen molar-refractivity contribution in [2.24, 2.45) is 0 Å². The van der Waals surface area contributed by atoms with Crippen LogP contribution in [0.5, 0.6) is 0 Å². The molecule has 1 rings (SSSR count). The van der Waals surface area contributed by atoms with Crippen LogP contribution < -0.4 is 5.32 Å². The van der Waals surface area contributed by atoms with Crippen molar-refractivity contribution in [2.75, 3.05) is 20.3 Å². The molecule has 0 aliphatic carbocycles. The average Bonchev–Trinajstić information content (AvgIpc) is 2.29. The van der Waals surface area contributed by atoms with Crippen LogP contribution >= 0.6 is 0 Å². The highest BCUT2D eigenvalue weighted by Gasteiger charge is 2.07. The fourth-order valence-corrected chi connectivity index (χ4v) is 1.45. The molecule has 1 unspecified atom stereocenters. The summed E-state index contributed by atoms with van der Waals surface area (Å²) in [7, 11) is 1.66. The Kier molecular flexibility index (Phi) is 6.00. The predicted molar refractivity (Wildman–Crippen MR) is 63.2 cm³/mol. The summed E-state index contributed by atoms with van der Waals surface area (Å²) in [6.45, 7) is 3.49. The van der Waals surface area contributed by atoms with E-state index in [2.05, 4.69) is 10.3 Å². The number of hydrogen-bond donors (Lipinski definition) is 2. The van der Waals surface area contributed by atoms with Crippen molar-refractivity contribution in [2.45, 2.75) is 25.9 Å². The van der Waals surface area contributed by atoms with Crippen LogP contribution in [0, 0.1) is 6.92 Å². The van der Waals surface area contributed by atoms with E-state index in [4.69, 9.17) is 9.84 Å². The van der Waals surface area contributed by atoms with Crippen LogP contribution in [-0.4, -0.2) is 36.5 Å². The molecule has 1 heterocycles. The van der Waals surface area contributed by atoms with Gasteiger partial charge in [0.2, 0.25) is 0 Å². The molecule has 1 atom stereocenters. The van der Waals surface area contributed by atoms with Crippen LogP contribution in [0.2, 0.25) is 0 Å². The SMILES string of the molecule is COCC(CCO)NCc1ccc(C)cn1. The first-order valence-corrected chi connectivity index (χ1v) is 5.51. The van der Waals surface area contributed by atoms with Crippen molar-refractivity contribution >= 4 is 0 Å². The fraction of sp³-hybridized carbons (Fsp3) is 0.583. The molecule has 0 aliphatic rings. The molecule has 0 spiro atoms. The zero-order chi connectivity index (χ0) is 11.8. The number of methoxy groups -OCH3 is 1. The van der Waals surface area contributed by atoms with Gasteiger partial charge in [-0.3, -0.25) is 4.98 Å². The highest BCUT2D eigenvalue weighted by atomic mass is 16.5. The zero-order valence-corrected chi connectivity index (χ0v) is 9.94. The van der Waals surface area contributed by atoms with E-state index < -0.39 is 0 Å². The third-order valence-electron chi connectivity index (χ3n) is 2.39. The number of hydrogen-bond acceptors (Lipinski definition) is 4. The molecule has 0 amide bonds. The Morgan fingerprint density at radius 3 is 2.88 bits per heavy atom. The lowest BCUT2D eigenvalue weighted by molar-refractivity contribution is 0.148. The normalized spacial score (nSPS) is 12.7. The van der Waals surface area contributed by atoms with Crippen molar-refractivity contribution in [1.82, 2.24) is 10.3 Å². The number of pyridine rings is 1. The van der Waals surface area contributed by atoms with Crippen LogP contribution in [-0.2, 0) is 11.3 Å². The number of aromatic nitrogens is 1. The molecular weight excluding hydrogens is 204 g/mol. The molecular formula is C12H20N2O2. The van der Waals surface area contributed by atoms with Crippen molar-refractivity contribution in [3.63, 3.8) is 0 Å². The third kappa shape index (κ3) is 4.70. The van der Waals surface area contributed by atoms with E-state index in [0.717, 1.165) is 11.3 Å². The molecule has 4 heteroatoms. The fourth-order valence-electron chi connectivity index (χ4n) is 1.45. The van der Waals surface area contributed by atoms with E-state index in [9.17, 15) is 0 Å². The minimum Gasteiger partial charge on any atom is -0.396 e. The van der Waals surface area contributed by atoms with Crippen LogP contribution in [0.3, 0.4) is 0 Å². The summed E-state index contributed by atoms with van der Waals surface area (Å²) in [6.07, 6.45) is 2.55. The van der Waals surface area contributed by atoms with Crippen molar-refractivity contribution in [3.8, 4) is 0 Å². The van der Waals surface area contributed by atoms with Gasteiger partial charge < -0.3 is 15.2 Å². The van der Waals surface area contributed by atoms with Gasteiger partial charge in [-0.05, 0) is 25.0 Å².